The lowest BCUT2D eigenvalue weighted by molar-refractivity contribution is -0.151. The molecule has 0 unspecified atom stereocenters. The Hall–Kier alpha value is -4.63. The summed E-state index contributed by atoms with van der Waals surface area (Å²) in [4.78, 5) is 47.2. The summed E-state index contributed by atoms with van der Waals surface area (Å²) >= 11 is 6.24. The van der Waals surface area contributed by atoms with Crippen LogP contribution in [0.1, 0.15) is 48.9 Å². The second-order valence-electron chi connectivity index (χ2n) is 12.1. The summed E-state index contributed by atoms with van der Waals surface area (Å²) in [7, 11) is 0. The highest BCUT2D eigenvalue weighted by Crippen LogP contribution is 2.37. The van der Waals surface area contributed by atoms with Gasteiger partial charge in [0.05, 0.1) is 24.4 Å². The van der Waals surface area contributed by atoms with E-state index in [0.29, 0.717) is 25.3 Å². The molecule has 49 heavy (non-hydrogen) atoms. The van der Waals surface area contributed by atoms with Crippen LogP contribution in [0.3, 0.4) is 0 Å². The zero-order chi connectivity index (χ0) is 34.3. The number of hydrogen-bond acceptors (Lipinski definition) is 9. The third kappa shape index (κ3) is 8.51. The first-order valence-corrected chi connectivity index (χ1v) is 16.7. The molecule has 2 fully saturated rings. The molecule has 0 spiro atoms. The van der Waals surface area contributed by atoms with E-state index in [1.165, 1.54) is 46.0 Å². The molecule has 0 radical (unpaired) electrons. The molecule has 1 aliphatic carbocycles. The number of hydrogen-bond donors (Lipinski definition) is 1. The maximum absolute atomic E-state index is 13.5. The van der Waals surface area contributed by atoms with Crippen molar-refractivity contribution in [2.45, 2.75) is 51.7 Å². The largest absolute Gasteiger partial charge is 0.465 e. The lowest BCUT2D eigenvalue weighted by Crippen LogP contribution is -2.41. The van der Waals surface area contributed by atoms with Gasteiger partial charge in [0.25, 0.3) is 5.91 Å². The Balaban J connectivity index is 1.13. The Morgan fingerprint density at radius 2 is 1.88 bits per heavy atom. The summed E-state index contributed by atoms with van der Waals surface area (Å²) in [6.45, 7) is 0.685. The smallest absolute Gasteiger partial charge is 0.387 e. The van der Waals surface area contributed by atoms with Crippen molar-refractivity contribution in [3.8, 4) is 17.0 Å². The van der Waals surface area contributed by atoms with Crippen LogP contribution in [0.25, 0.3) is 16.9 Å². The molecule has 1 saturated heterocycles. The van der Waals surface area contributed by atoms with Gasteiger partial charge < -0.3 is 24.6 Å². The van der Waals surface area contributed by atoms with E-state index < -0.39 is 12.5 Å². The van der Waals surface area contributed by atoms with Crippen LogP contribution in [0.5, 0.6) is 5.75 Å². The fourth-order valence-corrected chi connectivity index (χ4v) is 6.16. The van der Waals surface area contributed by atoms with Crippen LogP contribution >= 0.6 is 11.6 Å². The second kappa shape index (κ2) is 15.7. The maximum atomic E-state index is 13.5. The molecule has 16 heteroatoms. The molecule has 1 saturated carbocycles. The number of nitrogens with zero attached hydrogens (tertiary/aromatic N) is 7. The lowest BCUT2D eigenvalue weighted by atomic mass is 9.86. The van der Waals surface area contributed by atoms with Gasteiger partial charge in [0.2, 0.25) is 5.91 Å². The van der Waals surface area contributed by atoms with E-state index in [9.17, 15) is 23.2 Å². The molecule has 1 aliphatic heterocycles. The second-order valence-corrected chi connectivity index (χ2v) is 12.5. The number of amides is 2. The van der Waals surface area contributed by atoms with Crippen molar-refractivity contribution in [3.05, 3.63) is 59.6 Å². The number of alkyl halides is 2. The first kappa shape index (κ1) is 34.2. The number of halogens is 3. The molecule has 4 heterocycles. The summed E-state index contributed by atoms with van der Waals surface area (Å²) in [6.07, 6.45) is 11.3. The van der Waals surface area contributed by atoms with E-state index in [-0.39, 0.29) is 57.6 Å². The number of esters is 1. The molecule has 13 nitrogen and oxygen atoms in total. The summed E-state index contributed by atoms with van der Waals surface area (Å²) < 4.78 is 39.7. The SMILES string of the molecule is O=C(Nc1cn(CC(=O)N2CCCN(CCCOC(=O)C3CCC3)CCC2)nc1-c1cc(Cl)ccc1OC(F)F)c1cnn2cccnc12. The standard InChI is InChI=1S/C33H37ClF2N8O5/c34-23-8-9-27(49-33(35)36)24(18-23)29-26(39-31(46)25-19-38-44-16-2-10-37-30(25)44)20-43(40-29)21-28(45)42-14-3-11-41(12-4-15-42)13-5-17-48-32(47)22-6-1-7-22/h2,8-10,16,18-20,22,33H,1,3-7,11-15,17,21H2,(H,39,46). The Bertz CT molecular complexity index is 1790. The predicted molar refractivity (Wildman–Crippen MR) is 175 cm³/mol. The van der Waals surface area contributed by atoms with Gasteiger partial charge in [-0.3, -0.25) is 19.1 Å². The van der Waals surface area contributed by atoms with Crippen molar-refractivity contribution in [3.63, 3.8) is 0 Å². The molecule has 2 amide bonds. The predicted octanol–water partition coefficient (Wildman–Crippen LogP) is 4.76. The van der Waals surface area contributed by atoms with E-state index in [1.54, 1.807) is 17.2 Å². The highest BCUT2D eigenvalue weighted by atomic mass is 35.5. The van der Waals surface area contributed by atoms with E-state index in [2.05, 4.69) is 25.4 Å². The van der Waals surface area contributed by atoms with Gasteiger partial charge in [0, 0.05) is 48.8 Å². The zero-order valence-electron chi connectivity index (χ0n) is 26.8. The Labute approximate surface area is 286 Å². The monoisotopic (exact) mass is 698 g/mol. The zero-order valence-corrected chi connectivity index (χ0v) is 27.5. The van der Waals surface area contributed by atoms with Gasteiger partial charge in [0.15, 0.2) is 5.65 Å². The summed E-state index contributed by atoms with van der Waals surface area (Å²) in [5.74, 6) is -0.938. The molecule has 6 rings (SSSR count). The number of anilines is 1. The summed E-state index contributed by atoms with van der Waals surface area (Å²) in [6, 6.07) is 5.77. The van der Waals surface area contributed by atoms with Gasteiger partial charge in [0.1, 0.15) is 23.6 Å². The molecule has 4 aromatic rings. The van der Waals surface area contributed by atoms with Crippen molar-refractivity contribution in [2.75, 3.05) is 44.6 Å². The molecular formula is C33H37ClF2N8O5. The minimum Gasteiger partial charge on any atom is -0.465 e. The van der Waals surface area contributed by atoms with Crippen molar-refractivity contribution < 1.29 is 32.6 Å². The van der Waals surface area contributed by atoms with E-state index in [0.717, 1.165) is 58.2 Å². The quantitative estimate of drug-likeness (QED) is 0.164. The lowest BCUT2D eigenvalue weighted by Gasteiger charge is -2.30. The van der Waals surface area contributed by atoms with Crippen molar-refractivity contribution in [1.82, 2.24) is 34.2 Å². The van der Waals surface area contributed by atoms with Crippen molar-refractivity contribution >= 4 is 40.7 Å². The van der Waals surface area contributed by atoms with Gasteiger partial charge in [-0.25, -0.2) is 9.50 Å². The number of carbonyl (C=O) groups is 3. The van der Waals surface area contributed by atoms with Gasteiger partial charge in [-0.1, -0.05) is 18.0 Å². The number of carbonyl (C=O) groups excluding carboxylic acids is 3. The Kier molecular flexibility index (Phi) is 11.0. The number of ether oxygens (including phenoxy) is 2. The molecule has 3 aromatic heterocycles. The van der Waals surface area contributed by atoms with Crippen molar-refractivity contribution in [1.29, 1.82) is 0 Å². The average Bonchev–Trinajstić information content (AvgIpc) is 3.64. The highest BCUT2D eigenvalue weighted by molar-refractivity contribution is 6.31. The van der Waals surface area contributed by atoms with Crippen LogP contribution in [-0.2, 0) is 20.9 Å². The normalized spacial score (nSPS) is 15.9. The van der Waals surface area contributed by atoms with Gasteiger partial charge >= 0.3 is 12.6 Å². The van der Waals surface area contributed by atoms with Crippen LogP contribution < -0.4 is 10.1 Å². The van der Waals surface area contributed by atoms with Crippen LogP contribution in [0, 0.1) is 5.92 Å². The topological polar surface area (TPSA) is 136 Å². The van der Waals surface area contributed by atoms with E-state index in [4.69, 9.17) is 21.1 Å². The van der Waals surface area contributed by atoms with Crippen molar-refractivity contribution in [2.24, 2.45) is 5.92 Å². The molecule has 1 aromatic carbocycles. The minimum atomic E-state index is -3.12. The average molecular weight is 699 g/mol. The third-order valence-electron chi connectivity index (χ3n) is 8.70. The number of nitrogens with one attached hydrogen (secondary N) is 1. The molecule has 1 N–H and O–H groups in total. The fraction of sp³-hybridized carbons (Fsp3) is 0.455. The molecule has 260 valence electrons. The molecule has 0 bridgehead atoms. The third-order valence-corrected chi connectivity index (χ3v) is 8.94. The van der Waals surface area contributed by atoms with Crippen LogP contribution in [0.4, 0.5) is 14.5 Å². The van der Waals surface area contributed by atoms with Crippen LogP contribution in [-0.4, -0.2) is 97.9 Å². The first-order valence-electron chi connectivity index (χ1n) is 16.3. The molecule has 2 aliphatic rings. The first-order chi connectivity index (χ1) is 23.7. The number of aromatic nitrogens is 5. The Morgan fingerprint density at radius 3 is 2.61 bits per heavy atom. The van der Waals surface area contributed by atoms with Crippen LogP contribution in [0.2, 0.25) is 5.02 Å². The number of benzene rings is 1. The van der Waals surface area contributed by atoms with Gasteiger partial charge in [-0.15, -0.1) is 0 Å². The molecule has 0 atom stereocenters. The Morgan fingerprint density at radius 1 is 1.08 bits per heavy atom. The molecular weight excluding hydrogens is 662 g/mol. The van der Waals surface area contributed by atoms with E-state index >= 15 is 0 Å². The number of fused-ring (bicyclic) bond motifs is 1. The van der Waals surface area contributed by atoms with Gasteiger partial charge in [-0.2, -0.15) is 19.0 Å². The minimum absolute atomic E-state index is 0.0781. The van der Waals surface area contributed by atoms with Gasteiger partial charge in [-0.05, 0) is 69.5 Å². The number of rotatable bonds is 12. The van der Waals surface area contributed by atoms with Crippen LogP contribution in [0.15, 0.2) is 49.1 Å². The fourth-order valence-electron chi connectivity index (χ4n) is 5.98. The summed E-state index contributed by atoms with van der Waals surface area (Å²) in [5, 5.41) is 11.7. The van der Waals surface area contributed by atoms with E-state index in [1.807, 2.05) is 0 Å². The summed E-state index contributed by atoms with van der Waals surface area (Å²) in [5.41, 5.74) is 0.837. The highest BCUT2D eigenvalue weighted by Gasteiger charge is 2.27. The maximum Gasteiger partial charge on any atom is 0.387 e.